The summed E-state index contributed by atoms with van der Waals surface area (Å²) in [5, 5.41) is 12.5. The number of hydrogen-bond acceptors (Lipinski definition) is 11. The van der Waals surface area contributed by atoms with E-state index < -0.39 is 61.4 Å². The highest BCUT2D eigenvalue weighted by molar-refractivity contribution is 5.19. The molecule has 0 unspecified atom stereocenters. The lowest BCUT2D eigenvalue weighted by Crippen LogP contribution is -2.66. The molecule has 0 aliphatic carbocycles. The lowest BCUT2D eigenvalue weighted by Gasteiger charge is -2.49. The van der Waals surface area contributed by atoms with Crippen molar-refractivity contribution in [2.75, 3.05) is 13.2 Å². The van der Waals surface area contributed by atoms with Crippen LogP contribution in [0.3, 0.4) is 0 Å². The number of rotatable bonds is 25. The van der Waals surface area contributed by atoms with Gasteiger partial charge in [-0.2, -0.15) is 0 Å². The Kier molecular flexibility index (Phi) is 19.3. The van der Waals surface area contributed by atoms with Gasteiger partial charge in [-0.05, 0) is 38.9 Å². The van der Waals surface area contributed by atoms with Crippen LogP contribution in [0.25, 0.3) is 0 Å². The highest BCUT2D eigenvalue weighted by Gasteiger charge is 2.54. The molecule has 0 amide bonds. The van der Waals surface area contributed by atoms with Gasteiger partial charge in [0.2, 0.25) is 0 Å². The van der Waals surface area contributed by atoms with E-state index in [9.17, 15) is 5.11 Å². The molecular formula is C61H64O11. The van der Waals surface area contributed by atoms with E-state index in [4.69, 9.17) is 47.4 Å². The molecule has 2 heterocycles. The SMILES string of the molecule is O[C@H]1[C@@H](OCc2ccccc2)O[C@@H](COCc2ccccc2)[C@@H](O[C@@H]2O[C@@H](COCc3ccccc3)[C@@H](OCc3ccccc3)[C@H](OCc3ccccc3)[C@@H]2OCc2ccccc2)[C@H]1OCc1ccccc1. The van der Waals surface area contributed by atoms with Gasteiger partial charge in [-0.1, -0.05) is 212 Å². The van der Waals surface area contributed by atoms with E-state index in [0.29, 0.717) is 13.2 Å². The highest BCUT2D eigenvalue weighted by Crippen LogP contribution is 2.36. The summed E-state index contributed by atoms with van der Waals surface area (Å²) in [6.07, 6.45) is -9.49. The van der Waals surface area contributed by atoms with Gasteiger partial charge in [0.15, 0.2) is 12.6 Å². The minimum absolute atomic E-state index is 0.0608. The first-order valence-corrected chi connectivity index (χ1v) is 24.8. The maximum absolute atomic E-state index is 12.5. The molecule has 11 nitrogen and oxygen atoms in total. The summed E-state index contributed by atoms with van der Waals surface area (Å²) in [4.78, 5) is 0. The summed E-state index contributed by atoms with van der Waals surface area (Å²) in [5.74, 6) is 0. The zero-order valence-corrected chi connectivity index (χ0v) is 40.4. The Bertz CT molecular complexity index is 2550. The summed E-state index contributed by atoms with van der Waals surface area (Å²) < 4.78 is 68.4. The molecule has 7 aromatic rings. The number of ether oxygens (including phenoxy) is 10. The van der Waals surface area contributed by atoms with Crippen molar-refractivity contribution in [3.05, 3.63) is 251 Å². The second-order valence-electron chi connectivity index (χ2n) is 18.0. The standard InChI is InChI=1S/C61H64O11/c62-54-57(66-39-48-28-14-4-15-29-48)56(53(44-64-37-46-24-10-2-11-25-46)70-60(54)69-42-51-34-20-7-21-35-51)72-61-59(68-41-50-32-18-6-19-33-50)58(67-40-49-30-16-5-17-31-49)55(65-38-47-26-12-3-13-27-47)52(71-61)43-63-36-45-22-8-1-9-23-45/h1-35,52-62H,36-44H2/t52-,53-,54+,55+,56+,57-,58-,59-,60-,61-/m0/s1. The molecule has 0 radical (unpaired) electrons. The Morgan fingerprint density at radius 2 is 0.583 bits per heavy atom. The van der Waals surface area contributed by atoms with Gasteiger partial charge in [0, 0.05) is 0 Å². The molecule has 1 N–H and O–H groups in total. The fraction of sp³-hybridized carbons (Fsp3) is 0.311. The molecule has 2 aliphatic rings. The lowest BCUT2D eigenvalue weighted by molar-refractivity contribution is -0.375. The Balaban J connectivity index is 1.08. The maximum Gasteiger partial charge on any atom is 0.187 e. The summed E-state index contributed by atoms with van der Waals surface area (Å²) in [7, 11) is 0. The van der Waals surface area contributed by atoms with Crippen LogP contribution in [0.4, 0.5) is 0 Å². The lowest BCUT2D eigenvalue weighted by atomic mass is 9.96. The molecule has 0 bridgehead atoms. The predicted molar refractivity (Wildman–Crippen MR) is 272 cm³/mol. The molecule has 0 saturated carbocycles. The van der Waals surface area contributed by atoms with Crippen LogP contribution in [0.5, 0.6) is 0 Å². The van der Waals surface area contributed by atoms with Crippen LogP contribution >= 0.6 is 0 Å². The molecule has 72 heavy (non-hydrogen) atoms. The number of aliphatic hydroxyl groups is 1. The van der Waals surface area contributed by atoms with E-state index in [2.05, 4.69) is 0 Å². The topological polar surface area (TPSA) is 113 Å². The molecule has 9 rings (SSSR count). The Morgan fingerprint density at radius 1 is 0.292 bits per heavy atom. The van der Waals surface area contributed by atoms with E-state index >= 15 is 0 Å². The third kappa shape index (κ3) is 14.8. The molecule has 0 aromatic heterocycles. The first-order valence-electron chi connectivity index (χ1n) is 24.8. The Morgan fingerprint density at radius 3 is 0.972 bits per heavy atom. The van der Waals surface area contributed by atoms with Gasteiger partial charge in [-0.15, -0.1) is 0 Å². The summed E-state index contributed by atoms with van der Waals surface area (Å²) in [5.41, 5.74) is 6.73. The fourth-order valence-electron chi connectivity index (χ4n) is 8.92. The Hall–Kier alpha value is -5.90. The molecule has 2 fully saturated rings. The van der Waals surface area contributed by atoms with Crippen LogP contribution in [0.2, 0.25) is 0 Å². The van der Waals surface area contributed by atoms with Crippen molar-refractivity contribution in [1.29, 1.82) is 0 Å². The second kappa shape index (κ2) is 27.2. The van der Waals surface area contributed by atoms with Crippen LogP contribution in [0.15, 0.2) is 212 Å². The van der Waals surface area contributed by atoms with E-state index in [1.54, 1.807) is 0 Å². The summed E-state index contributed by atoms with van der Waals surface area (Å²) in [6.45, 7) is 1.91. The van der Waals surface area contributed by atoms with Crippen molar-refractivity contribution in [1.82, 2.24) is 0 Å². The molecule has 11 heteroatoms. The van der Waals surface area contributed by atoms with Crippen LogP contribution in [0, 0.1) is 0 Å². The summed E-state index contributed by atoms with van der Waals surface area (Å²) in [6, 6.07) is 69.5. The van der Waals surface area contributed by atoms with Crippen molar-refractivity contribution in [3.8, 4) is 0 Å². The quantitative estimate of drug-likeness (QED) is 0.0591. The number of aliphatic hydroxyl groups excluding tert-OH is 1. The molecule has 0 spiro atoms. The van der Waals surface area contributed by atoms with Gasteiger partial charge in [0.25, 0.3) is 0 Å². The van der Waals surface area contributed by atoms with Crippen LogP contribution < -0.4 is 0 Å². The first kappa shape index (κ1) is 51.0. The van der Waals surface area contributed by atoms with Gasteiger partial charge in [0.1, 0.15) is 48.8 Å². The van der Waals surface area contributed by atoms with E-state index in [1.807, 2.05) is 212 Å². The third-order valence-corrected chi connectivity index (χ3v) is 12.7. The van der Waals surface area contributed by atoms with Crippen molar-refractivity contribution in [2.45, 2.75) is 108 Å². The zero-order chi connectivity index (χ0) is 49.0. The minimum atomic E-state index is -1.31. The predicted octanol–water partition coefficient (Wildman–Crippen LogP) is 10.2. The van der Waals surface area contributed by atoms with E-state index in [0.717, 1.165) is 38.9 Å². The molecular weight excluding hydrogens is 909 g/mol. The van der Waals surface area contributed by atoms with Crippen molar-refractivity contribution >= 4 is 0 Å². The van der Waals surface area contributed by atoms with E-state index in [1.165, 1.54) is 0 Å². The zero-order valence-electron chi connectivity index (χ0n) is 40.4. The average molecular weight is 973 g/mol. The fourth-order valence-corrected chi connectivity index (χ4v) is 8.92. The normalized spacial score (nSPS) is 24.2. The monoisotopic (exact) mass is 972 g/mol. The number of benzene rings is 7. The largest absolute Gasteiger partial charge is 0.385 e. The molecule has 374 valence electrons. The third-order valence-electron chi connectivity index (χ3n) is 12.7. The van der Waals surface area contributed by atoms with Gasteiger partial charge < -0.3 is 52.5 Å². The molecule has 2 aliphatic heterocycles. The van der Waals surface area contributed by atoms with E-state index in [-0.39, 0.29) is 46.2 Å². The second-order valence-corrected chi connectivity index (χ2v) is 18.0. The average Bonchev–Trinajstić information content (AvgIpc) is 3.44. The summed E-state index contributed by atoms with van der Waals surface area (Å²) >= 11 is 0. The molecule has 10 atom stereocenters. The van der Waals surface area contributed by atoms with Crippen molar-refractivity contribution < 1.29 is 52.5 Å². The van der Waals surface area contributed by atoms with Gasteiger partial charge >= 0.3 is 0 Å². The van der Waals surface area contributed by atoms with Gasteiger partial charge in [-0.3, -0.25) is 0 Å². The smallest absolute Gasteiger partial charge is 0.187 e. The minimum Gasteiger partial charge on any atom is -0.385 e. The van der Waals surface area contributed by atoms with Crippen LogP contribution in [0.1, 0.15) is 38.9 Å². The molecule has 7 aromatic carbocycles. The maximum atomic E-state index is 12.5. The van der Waals surface area contributed by atoms with Crippen LogP contribution in [-0.2, 0) is 93.6 Å². The highest BCUT2D eigenvalue weighted by atomic mass is 16.8. The number of hydrogen-bond donors (Lipinski definition) is 1. The Labute approximate surface area is 423 Å². The van der Waals surface area contributed by atoms with Gasteiger partial charge in [-0.25, -0.2) is 0 Å². The van der Waals surface area contributed by atoms with Crippen molar-refractivity contribution in [2.24, 2.45) is 0 Å². The van der Waals surface area contributed by atoms with Gasteiger partial charge in [0.05, 0.1) is 59.5 Å². The first-order chi connectivity index (χ1) is 35.6. The molecule has 2 saturated heterocycles. The van der Waals surface area contributed by atoms with Crippen molar-refractivity contribution in [3.63, 3.8) is 0 Å². The van der Waals surface area contributed by atoms with Crippen LogP contribution in [-0.4, -0.2) is 79.7 Å².